The van der Waals surface area contributed by atoms with Crippen LogP contribution >= 0.6 is 11.6 Å². The second-order valence-corrected chi connectivity index (χ2v) is 12.9. The highest BCUT2D eigenvalue weighted by atomic mass is 35.5. The van der Waals surface area contributed by atoms with E-state index in [0.29, 0.717) is 19.0 Å². The van der Waals surface area contributed by atoms with Crippen LogP contribution in [0.5, 0.6) is 0 Å². The number of nitrogens with one attached hydrogen (secondary N) is 1. The predicted molar refractivity (Wildman–Crippen MR) is 179 cm³/mol. The lowest BCUT2D eigenvalue weighted by Gasteiger charge is -2.35. The lowest BCUT2D eigenvalue weighted by Crippen LogP contribution is -2.45. The number of rotatable bonds is 8. The quantitative estimate of drug-likeness (QED) is 0.365. The summed E-state index contributed by atoms with van der Waals surface area (Å²) in [5, 5.41) is 3.19. The number of halogens is 1. The molecule has 4 fully saturated rings. The minimum absolute atomic E-state index is 0.157. The first-order valence-electron chi connectivity index (χ1n) is 16.5. The Morgan fingerprint density at radius 1 is 0.830 bits per heavy atom. The van der Waals surface area contributed by atoms with Gasteiger partial charge in [0.1, 0.15) is 0 Å². The lowest BCUT2D eigenvalue weighted by molar-refractivity contribution is -0.120. The Bertz CT molecular complexity index is 1300. The third-order valence-corrected chi connectivity index (χ3v) is 8.96. The number of likely N-dealkylation sites (tertiary alicyclic amines) is 2. The normalized spacial score (nSPS) is 20.3. The fourth-order valence-corrected chi connectivity index (χ4v) is 5.94. The number of carbonyl (C=O) groups is 4. The Morgan fingerprint density at radius 3 is 1.89 bits per heavy atom. The molecule has 0 aromatic carbocycles. The first-order chi connectivity index (χ1) is 22.8. The van der Waals surface area contributed by atoms with Crippen LogP contribution in [-0.2, 0) is 19.1 Å². The molecule has 6 rings (SSSR count). The molecule has 2 atom stereocenters. The molecule has 1 N–H and O–H groups in total. The molecule has 4 heterocycles. The van der Waals surface area contributed by atoms with E-state index in [9.17, 15) is 19.2 Å². The van der Waals surface area contributed by atoms with E-state index < -0.39 is 0 Å². The van der Waals surface area contributed by atoms with Gasteiger partial charge in [-0.05, 0) is 99.1 Å². The van der Waals surface area contributed by atoms with E-state index in [1.165, 1.54) is 14.2 Å². The van der Waals surface area contributed by atoms with E-state index in [1.54, 1.807) is 34.6 Å². The number of nitrogens with zero attached hydrogens (tertiary/aromatic N) is 5. The van der Waals surface area contributed by atoms with Crippen LogP contribution in [0.4, 0.5) is 21.0 Å². The van der Waals surface area contributed by atoms with Crippen LogP contribution in [0.2, 0.25) is 0 Å². The molecule has 2 saturated heterocycles. The third kappa shape index (κ3) is 12.0. The van der Waals surface area contributed by atoms with Gasteiger partial charge in [0.15, 0.2) is 0 Å². The number of hydrogen-bond donors (Lipinski definition) is 1. The van der Waals surface area contributed by atoms with Gasteiger partial charge in [-0.3, -0.25) is 19.6 Å². The summed E-state index contributed by atoms with van der Waals surface area (Å²) in [7, 11) is 2.84. The zero-order chi connectivity index (χ0) is 33.6. The molecule has 2 saturated carbocycles. The number of pyridine rings is 2. The van der Waals surface area contributed by atoms with Gasteiger partial charge < -0.3 is 29.5 Å². The monoisotopic (exact) mass is 670 g/mol. The highest BCUT2D eigenvalue weighted by Crippen LogP contribution is 2.34. The summed E-state index contributed by atoms with van der Waals surface area (Å²) < 4.78 is 9.58. The molecular formula is C34H47ClN6O6. The van der Waals surface area contributed by atoms with Crippen LogP contribution in [0, 0.1) is 23.7 Å². The molecule has 13 heteroatoms. The number of anilines is 2. The number of piperidine rings is 2. The molecule has 256 valence electrons. The largest absolute Gasteiger partial charge is 0.453 e. The first kappa shape index (κ1) is 35.9. The number of ether oxygens (including phenoxy) is 2. The zero-order valence-electron chi connectivity index (χ0n) is 27.4. The highest BCUT2D eigenvalue weighted by Gasteiger charge is 2.36. The van der Waals surface area contributed by atoms with Gasteiger partial charge in [-0.15, -0.1) is 0 Å². The second-order valence-electron chi connectivity index (χ2n) is 12.5. The van der Waals surface area contributed by atoms with Crippen molar-refractivity contribution in [3.63, 3.8) is 0 Å². The van der Waals surface area contributed by atoms with Crippen LogP contribution in [0.15, 0.2) is 49.1 Å². The van der Waals surface area contributed by atoms with Gasteiger partial charge in [0.2, 0.25) is 11.1 Å². The maximum atomic E-state index is 12.6. The summed E-state index contributed by atoms with van der Waals surface area (Å²) in [4.78, 5) is 59.4. The fraction of sp³-hybridized carbons (Fsp3) is 0.588. The van der Waals surface area contributed by atoms with Gasteiger partial charge >= 0.3 is 12.2 Å². The molecule has 2 aliphatic heterocycles. The average molecular weight is 671 g/mol. The van der Waals surface area contributed by atoms with E-state index in [4.69, 9.17) is 21.1 Å². The maximum Gasteiger partial charge on any atom is 0.409 e. The SMILES string of the molecule is COC(=O)N1CCCC(CN(C(=O)C2CC2)c2cccnc2)C1.COC(=O)N1CCCC(CNc2cccnc2)C1.O=C(Cl)C1CC1. The number of hydrogen-bond acceptors (Lipinski definition) is 9. The second kappa shape index (κ2) is 18.4. The van der Waals surface area contributed by atoms with Crippen molar-refractivity contribution >= 4 is 46.3 Å². The van der Waals surface area contributed by atoms with Crippen LogP contribution in [-0.4, -0.2) is 96.6 Å². The van der Waals surface area contributed by atoms with Gasteiger partial charge in [0.05, 0.1) is 31.8 Å². The first-order valence-corrected chi connectivity index (χ1v) is 16.9. The fourth-order valence-electron chi connectivity index (χ4n) is 5.72. The van der Waals surface area contributed by atoms with Crippen molar-refractivity contribution in [3.05, 3.63) is 49.1 Å². The van der Waals surface area contributed by atoms with Gasteiger partial charge in [-0.25, -0.2) is 9.59 Å². The Labute approximate surface area is 282 Å². The van der Waals surface area contributed by atoms with Gasteiger partial charge in [0.25, 0.3) is 0 Å². The Balaban J connectivity index is 0.000000184. The van der Waals surface area contributed by atoms with Crippen LogP contribution in [0.3, 0.4) is 0 Å². The van der Waals surface area contributed by atoms with Crippen molar-refractivity contribution in [2.24, 2.45) is 23.7 Å². The molecule has 0 spiro atoms. The van der Waals surface area contributed by atoms with E-state index in [2.05, 4.69) is 15.3 Å². The smallest absolute Gasteiger partial charge is 0.409 e. The summed E-state index contributed by atoms with van der Waals surface area (Å²) >= 11 is 5.04. The summed E-state index contributed by atoms with van der Waals surface area (Å²) in [5.74, 6) is 1.32. The van der Waals surface area contributed by atoms with Crippen molar-refractivity contribution in [1.82, 2.24) is 19.8 Å². The van der Waals surface area contributed by atoms with Crippen LogP contribution in [0.25, 0.3) is 0 Å². The Morgan fingerprint density at radius 2 is 1.40 bits per heavy atom. The average Bonchev–Trinajstić information content (AvgIpc) is 4.04. The minimum Gasteiger partial charge on any atom is -0.453 e. The van der Waals surface area contributed by atoms with Gasteiger partial charge in [-0.1, -0.05) is 0 Å². The van der Waals surface area contributed by atoms with E-state index in [1.807, 2.05) is 29.2 Å². The van der Waals surface area contributed by atoms with Crippen molar-refractivity contribution in [1.29, 1.82) is 0 Å². The van der Waals surface area contributed by atoms with Crippen molar-refractivity contribution in [2.45, 2.75) is 51.4 Å². The number of aromatic nitrogens is 2. The van der Waals surface area contributed by atoms with E-state index in [-0.39, 0.29) is 41.1 Å². The van der Waals surface area contributed by atoms with Gasteiger partial charge in [-0.2, -0.15) is 0 Å². The molecule has 12 nitrogen and oxygen atoms in total. The molecular weight excluding hydrogens is 624 g/mol. The summed E-state index contributed by atoms with van der Waals surface area (Å²) in [6.45, 7) is 4.43. The van der Waals surface area contributed by atoms with E-state index in [0.717, 1.165) is 88.9 Å². The molecule has 4 aliphatic rings. The van der Waals surface area contributed by atoms with E-state index >= 15 is 0 Å². The zero-order valence-corrected chi connectivity index (χ0v) is 28.1. The standard InChI is InChI=1S/C17H23N3O3.C13H19N3O2.C4H5ClO/c1-23-17(22)19-9-3-4-13(11-19)12-20(16(21)14-6-7-14)15-5-2-8-18-10-15;1-18-13(17)16-7-3-4-11(10-16)8-15-12-5-2-6-14-9-12;5-4(6)3-1-2-3/h2,5,8,10,13-14H,3-4,6-7,9,11-12H2,1H3;2,5-6,9,11,15H,3-4,7-8,10H2,1H3;3H,1-2H2. The third-order valence-electron chi connectivity index (χ3n) is 8.65. The molecule has 2 aromatic heterocycles. The summed E-state index contributed by atoms with van der Waals surface area (Å²) in [6.07, 6.45) is 14.6. The molecule has 47 heavy (non-hydrogen) atoms. The molecule has 0 radical (unpaired) electrons. The minimum atomic E-state index is -0.281. The molecule has 2 aliphatic carbocycles. The number of carbonyl (C=O) groups excluding carboxylic acids is 4. The summed E-state index contributed by atoms with van der Waals surface area (Å²) in [5.41, 5.74) is 1.87. The lowest BCUT2D eigenvalue weighted by atomic mass is 9.97. The number of amides is 3. The van der Waals surface area contributed by atoms with Crippen molar-refractivity contribution in [3.8, 4) is 0 Å². The van der Waals surface area contributed by atoms with Crippen LogP contribution in [0.1, 0.15) is 51.4 Å². The topological polar surface area (TPSA) is 134 Å². The maximum absolute atomic E-state index is 12.6. The Hall–Kier alpha value is -3.93. The van der Waals surface area contributed by atoms with Crippen molar-refractivity contribution < 1.29 is 28.7 Å². The predicted octanol–water partition coefficient (Wildman–Crippen LogP) is 5.44. The number of methoxy groups -OCH3 is 2. The van der Waals surface area contributed by atoms with Crippen LogP contribution < -0.4 is 10.2 Å². The molecule has 0 bridgehead atoms. The van der Waals surface area contributed by atoms with Gasteiger partial charge in [0, 0.05) is 69.7 Å². The van der Waals surface area contributed by atoms with Crippen molar-refractivity contribution in [2.75, 3.05) is 63.7 Å². The molecule has 2 unspecified atom stereocenters. The summed E-state index contributed by atoms with van der Waals surface area (Å²) in [6, 6.07) is 7.68. The Kier molecular flexibility index (Phi) is 14.1. The molecule has 2 aromatic rings. The molecule has 3 amide bonds. The highest BCUT2D eigenvalue weighted by molar-refractivity contribution is 6.64.